The van der Waals surface area contributed by atoms with E-state index in [1.165, 1.54) is 0 Å². The fourth-order valence-corrected chi connectivity index (χ4v) is 3.32. The van der Waals surface area contributed by atoms with E-state index in [9.17, 15) is 4.21 Å². The van der Waals surface area contributed by atoms with Gasteiger partial charge in [0.1, 0.15) is 11.3 Å². The largest absolute Gasteiger partial charge is 0.312 e. The molecule has 0 aromatic carbocycles. The standard InChI is InChI=1S/C14H23ClN4OS/c1-5-7-11-12-14(18(3)17-11)19(8-6-9-21(4)20)13(16-12)10(2)15/h10H,5-9H2,1-4H3. The van der Waals surface area contributed by atoms with E-state index in [4.69, 9.17) is 16.6 Å². The summed E-state index contributed by atoms with van der Waals surface area (Å²) in [6.07, 6.45) is 4.54. The molecule has 0 aliphatic heterocycles. The molecular formula is C14H23ClN4OS. The second-order valence-corrected chi connectivity index (χ2v) is 7.57. The predicted octanol–water partition coefficient (Wildman–Crippen LogP) is 2.79. The second kappa shape index (κ2) is 6.92. The number of hydrogen-bond donors (Lipinski definition) is 0. The highest BCUT2D eigenvalue weighted by Crippen LogP contribution is 2.27. The molecule has 0 bridgehead atoms. The van der Waals surface area contributed by atoms with E-state index in [1.54, 1.807) is 6.26 Å². The van der Waals surface area contributed by atoms with E-state index in [1.807, 2.05) is 18.7 Å². The van der Waals surface area contributed by atoms with Gasteiger partial charge < -0.3 is 4.57 Å². The van der Waals surface area contributed by atoms with Crippen LogP contribution in [-0.4, -0.2) is 35.5 Å². The van der Waals surface area contributed by atoms with Crippen LogP contribution in [0.3, 0.4) is 0 Å². The molecular weight excluding hydrogens is 308 g/mol. The Labute approximate surface area is 133 Å². The van der Waals surface area contributed by atoms with Crippen molar-refractivity contribution in [2.75, 3.05) is 12.0 Å². The third-order valence-electron chi connectivity index (χ3n) is 3.48. The van der Waals surface area contributed by atoms with E-state index in [0.717, 1.165) is 48.5 Å². The van der Waals surface area contributed by atoms with Gasteiger partial charge in [0, 0.05) is 36.4 Å². The van der Waals surface area contributed by atoms with Crippen molar-refractivity contribution in [1.82, 2.24) is 19.3 Å². The van der Waals surface area contributed by atoms with Gasteiger partial charge in [0.2, 0.25) is 0 Å². The van der Waals surface area contributed by atoms with E-state index < -0.39 is 10.8 Å². The molecule has 0 saturated heterocycles. The summed E-state index contributed by atoms with van der Waals surface area (Å²) in [6.45, 7) is 4.84. The van der Waals surface area contributed by atoms with Crippen LogP contribution in [0.4, 0.5) is 0 Å². The van der Waals surface area contributed by atoms with Gasteiger partial charge in [0.25, 0.3) is 0 Å². The van der Waals surface area contributed by atoms with Gasteiger partial charge in [-0.1, -0.05) is 13.3 Å². The molecule has 0 aliphatic rings. The van der Waals surface area contributed by atoms with Crippen molar-refractivity contribution in [3.63, 3.8) is 0 Å². The number of aromatic nitrogens is 4. The number of fused-ring (bicyclic) bond motifs is 1. The average Bonchev–Trinajstić information content (AvgIpc) is 2.90. The summed E-state index contributed by atoms with van der Waals surface area (Å²) in [5.41, 5.74) is 3.01. The molecule has 0 spiro atoms. The van der Waals surface area contributed by atoms with Crippen LogP contribution in [0, 0.1) is 0 Å². The highest BCUT2D eigenvalue weighted by molar-refractivity contribution is 7.84. The van der Waals surface area contributed by atoms with Crippen molar-refractivity contribution >= 4 is 33.6 Å². The summed E-state index contributed by atoms with van der Waals surface area (Å²) in [5, 5.41) is 4.42. The van der Waals surface area contributed by atoms with Crippen molar-refractivity contribution < 1.29 is 4.21 Å². The summed E-state index contributed by atoms with van der Waals surface area (Å²) in [4.78, 5) is 4.72. The normalized spacial score (nSPS) is 14.7. The molecule has 21 heavy (non-hydrogen) atoms. The zero-order chi connectivity index (χ0) is 15.6. The van der Waals surface area contributed by atoms with Gasteiger partial charge in [-0.05, 0) is 19.8 Å². The molecule has 118 valence electrons. The third-order valence-corrected chi connectivity index (χ3v) is 4.54. The number of alkyl halides is 1. The van der Waals surface area contributed by atoms with Crippen LogP contribution in [0.2, 0.25) is 0 Å². The molecule has 0 saturated carbocycles. The van der Waals surface area contributed by atoms with Gasteiger partial charge in [0.05, 0.1) is 11.1 Å². The minimum absolute atomic E-state index is 0.154. The van der Waals surface area contributed by atoms with Crippen molar-refractivity contribution in [1.29, 1.82) is 0 Å². The van der Waals surface area contributed by atoms with Crippen LogP contribution in [-0.2, 0) is 30.8 Å². The van der Waals surface area contributed by atoms with Crippen LogP contribution in [0.5, 0.6) is 0 Å². The number of halogens is 1. The van der Waals surface area contributed by atoms with Crippen molar-refractivity contribution in [2.45, 2.75) is 45.0 Å². The molecule has 0 aliphatic carbocycles. The number of nitrogens with zero attached hydrogens (tertiary/aromatic N) is 4. The van der Waals surface area contributed by atoms with Crippen LogP contribution < -0.4 is 0 Å². The quantitative estimate of drug-likeness (QED) is 0.733. The maximum absolute atomic E-state index is 11.3. The van der Waals surface area contributed by atoms with Crippen LogP contribution >= 0.6 is 11.6 Å². The van der Waals surface area contributed by atoms with Crippen molar-refractivity contribution in [3.05, 3.63) is 11.5 Å². The molecule has 0 fully saturated rings. The summed E-state index contributed by atoms with van der Waals surface area (Å²) in [5.74, 6) is 1.56. The molecule has 2 aromatic heterocycles. The summed E-state index contributed by atoms with van der Waals surface area (Å²) in [7, 11) is 1.17. The monoisotopic (exact) mass is 330 g/mol. The van der Waals surface area contributed by atoms with E-state index >= 15 is 0 Å². The first-order valence-electron chi connectivity index (χ1n) is 7.31. The fraction of sp³-hybridized carbons (Fsp3) is 0.714. The molecule has 2 heterocycles. The number of imidazole rings is 1. The van der Waals surface area contributed by atoms with Crippen molar-refractivity contribution in [3.8, 4) is 0 Å². The van der Waals surface area contributed by atoms with Gasteiger partial charge >= 0.3 is 0 Å². The van der Waals surface area contributed by atoms with Gasteiger partial charge in [0.15, 0.2) is 5.65 Å². The van der Waals surface area contributed by atoms with Gasteiger partial charge in [-0.25, -0.2) is 4.98 Å². The average molecular weight is 331 g/mol. The Morgan fingerprint density at radius 1 is 1.43 bits per heavy atom. The molecule has 7 heteroatoms. The van der Waals surface area contributed by atoms with Crippen LogP contribution in [0.1, 0.15) is 43.6 Å². The Bertz CT molecular complexity index is 647. The third kappa shape index (κ3) is 3.48. The Kier molecular flexibility index (Phi) is 5.43. The predicted molar refractivity (Wildman–Crippen MR) is 88.3 cm³/mol. The summed E-state index contributed by atoms with van der Waals surface area (Å²) >= 11 is 6.29. The molecule has 0 amide bonds. The molecule has 5 nitrogen and oxygen atoms in total. The van der Waals surface area contributed by atoms with E-state index in [0.29, 0.717) is 5.75 Å². The van der Waals surface area contributed by atoms with Crippen LogP contribution in [0.25, 0.3) is 11.2 Å². The minimum atomic E-state index is -0.770. The van der Waals surface area contributed by atoms with Gasteiger partial charge in [-0.2, -0.15) is 5.10 Å². The summed E-state index contributed by atoms with van der Waals surface area (Å²) in [6, 6.07) is 0. The Balaban J connectivity index is 2.44. The van der Waals surface area contributed by atoms with Gasteiger partial charge in [-0.3, -0.25) is 8.89 Å². The molecule has 2 aromatic rings. The first-order chi connectivity index (χ1) is 9.95. The zero-order valence-electron chi connectivity index (χ0n) is 13.1. The lowest BCUT2D eigenvalue weighted by atomic mass is 10.2. The lowest BCUT2D eigenvalue weighted by Gasteiger charge is -2.10. The highest BCUT2D eigenvalue weighted by Gasteiger charge is 2.21. The number of hydrogen-bond acceptors (Lipinski definition) is 3. The topological polar surface area (TPSA) is 52.7 Å². The maximum atomic E-state index is 11.3. The Hall–Kier alpha value is -0.880. The zero-order valence-corrected chi connectivity index (χ0v) is 14.7. The Morgan fingerprint density at radius 3 is 2.71 bits per heavy atom. The molecule has 2 unspecified atom stereocenters. The molecule has 2 atom stereocenters. The molecule has 2 rings (SSSR count). The lowest BCUT2D eigenvalue weighted by Crippen LogP contribution is -2.10. The molecule has 0 radical (unpaired) electrons. The van der Waals surface area contributed by atoms with Crippen molar-refractivity contribution in [2.24, 2.45) is 7.05 Å². The first kappa shape index (κ1) is 16.5. The lowest BCUT2D eigenvalue weighted by molar-refractivity contribution is 0.622. The smallest absolute Gasteiger partial charge is 0.158 e. The second-order valence-electron chi connectivity index (χ2n) is 5.36. The first-order valence-corrected chi connectivity index (χ1v) is 9.48. The minimum Gasteiger partial charge on any atom is -0.312 e. The van der Waals surface area contributed by atoms with Crippen LogP contribution in [0.15, 0.2) is 0 Å². The molecule has 0 N–H and O–H groups in total. The van der Waals surface area contributed by atoms with E-state index in [2.05, 4.69) is 16.6 Å². The SMILES string of the molecule is CCCc1nn(C)c2c1nc(C(C)Cl)n2CCCS(C)=O. The number of rotatable bonds is 7. The maximum Gasteiger partial charge on any atom is 0.158 e. The fourth-order valence-electron chi connectivity index (χ4n) is 2.61. The van der Waals surface area contributed by atoms with E-state index in [-0.39, 0.29) is 5.38 Å². The van der Waals surface area contributed by atoms with Gasteiger partial charge in [-0.15, -0.1) is 11.6 Å². The Morgan fingerprint density at radius 2 is 2.14 bits per heavy atom. The highest BCUT2D eigenvalue weighted by atomic mass is 35.5. The summed E-state index contributed by atoms with van der Waals surface area (Å²) < 4.78 is 15.3. The number of aryl methyl sites for hydroxylation is 3.